The Bertz CT molecular complexity index is 150. The van der Waals surface area contributed by atoms with E-state index in [4.69, 9.17) is 15.9 Å². The summed E-state index contributed by atoms with van der Waals surface area (Å²) in [6.07, 6.45) is -0.532. The summed E-state index contributed by atoms with van der Waals surface area (Å²) >= 11 is 0. The summed E-state index contributed by atoms with van der Waals surface area (Å²) in [7, 11) is 0. The van der Waals surface area contributed by atoms with Gasteiger partial charge in [-0.15, -0.1) is 0 Å². The van der Waals surface area contributed by atoms with Gasteiger partial charge in [-0.25, -0.2) is 0 Å². The Labute approximate surface area is 109 Å². The van der Waals surface area contributed by atoms with Gasteiger partial charge >= 0.3 is 49.7 Å². The Kier molecular flexibility index (Phi) is 14.3. The molecule has 0 spiro atoms. The van der Waals surface area contributed by atoms with Gasteiger partial charge < -0.3 is 18.8 Å². The molecule has 0 aromatic carbocycles. The molecule has 0 rings (SSSR count). The zero-order valence-electron chi connectivity index (χ0n) is 7.99. The summed E-state index contributed by atoms with van der Waals surface area (Å²) < 4.78 is 0. The van der Waals surface area contributed by atoms with Crippen molar-refractivity contribution in [1.29, 1.82) is 0 Å². The van der Waals surface area contributed by atoms with E-state index in [1.54, 1.807) is 0 Å². The predicted octanol–water partition coefficient (Wildman–Crippen LogP) is -1.29. The minimum atomic E-state index is -1.29. The standard InChI is InChI=1S/C4H7NO4.Ca.Zn.2H/c5-2(4(8)9)1-3(6)7;;;;/h2H,1,5H2,(H,6,7)(H,8,9);;;;/q;+2;;2*-1/t2-;;;;/m0..../s1. The van der Waals surface area contributed by atoms with Gasteiger partial charge in [0.1, 0.15) is 6.04 Å². The molecule has 4 N–H and O–H groups in total. The zero-order valence-corrected chi connectivity index (χ0v) is 11.2. The monoisotopic (exact) mass is 239 g/mol. The van der Waals surface area contributed by atoms with Crippen LogP contribution in [0.1, 0.15) is 9.27 Å². The summed E-state index contributed by atoms with van der Waals surface area (Å²) in [5.74, 6) is -2.50. The van der Waals surface area contributed by atoms with Gasteiger partial charge in [0.05, 0.1) is 6.42 Å². The van der Waals surface area contributed by atoms with Crippen LogP contribution in [0.5, 0.6) is 0 Å². The van der Waals surface area contributed by atoms with Gasteiger partial charge in [-0.2, -0.15) is 0 Å². The van der Waals surface area contributed by atoms with E-state index in [2.05, 4.69) is 0 Å². The first-order chi connectivity index (χ1) is 4.04. The van der Waals surface area contributed by atoms with Crippen molar-refractivity contribution in [3.05, 3.63) is 0 Å². The molecular formula is C4H9CaNO4Zn. The summed E-state index contributed by atoms with van der Waals surface area (Å²) in [6, 6.07) is -1.29. The van der Waals surface area contributed by atoms with Crippen LogP contribution in [0, 0.1) is 0 Å². The first-order valence-electron chi connectivity index (χ1n) is 2.24. The van der Waals surface area contributed by atoms with Gasteiger partial charge in [0.15, 0.2) is 0 Å². The smallest absolute Gasteiger partial charge is 1.00 e. The second-order valence-corrected chi connectivity index (χ2v) is 1.54. The van der Waals surface area contributed by atoms with Crippen molar-refractivity contribution in [3.63, 3.8) is 0 Å². The number of carboxylic acids is 2. The molecule has 11 heavy (non-hydrogen) atoms. The SMILES string of the molecule is N[C@@H](CC(=O)O)C(=O)O.[Ca+2].[H-].[H-].[Zn]. The van der Waals surface area contributed by atoms with Crippen LogP contribution in [0.3, 0.4) is 0 Å². The molecule has 0 amide bonds. The maximum absolute atomic E-state index is 9.85. The quantitative estimate of drug-likeness (QED) is 0.533. The van der Waals surface area contributed by atoms with Crippen LogP contribution in [0.2, 0.25) is 0 Å². The molecule has 58 valence electrons. The minimum Gasteiger partial charge on any atom is -1.00 e. The number of hydrogen-bond donors (Lipinski definition) is 3. The van der Waals surface area contributed by atoms with E-state index >= 15 is 0 Å². The Balaban J connectivity index is -0.0000000533. The Morgan fingerprint density at radius 1 is 1.45 bits per heavy atom. The second kappa shape index (κ2) is 8.88. The number of rotatable bonds is 3. The van der Waals surface area contributed by atoms with Crippen LogP contribution >= 0.6 is 0 Å². The molecule has 0 aromatic rings. The van der Waals surface area contributed by atoms with Gasteiger partial charge in [-0.1, -0.05) is 0 Å². The van der Waals surface area contributed by atoms with Gasteiger partial charge in [-0.05, 0) is 0 Å². The fourth-order valence-electron chi connectivity index (χ4n) is 0.275. The van der Waals surface area contributed by atoms with Gasteiger partial charge in [-0.3, -0.25) is 9.59 Å². The van der Waals surface area contributed by atoms with Gasteiger partial charge in [0, 0.05) is 19.5 Å². The van der Waals surface area contributed by atoms with Crippen LogP contribution < -0.4 is 5.73 Å². The van der Waals surface area contributed by atoms with E-state index in [0.29, 0.717) is 0 Å². The van der Waals surface area contributed by atoms with E-state index in [1.165, 1.54) is 0 Å². The summed E-state index contributed by atoms with van der Waals surface area (Å²) in [6.45, 7) is 0. The fraction of sp³-hybridized carbons (Fsp3) is 0.500. The van der Waals surface area contributed by atoms with E-state index in [9.17, 15) is 9.59 Å². The van der Waals surface area contributed by atoms with Crippen LogP contribution in [0.4, 0.5) is 0 Å². The Morgan fingerprint density at radius 3 is 1.91 bits per heavy atom. The normalized spacial score (nSPS) is 10.3. The molecular weight excluding hydrogens is 232 g/mol. The molecule has 0 aliphatic heterocycles. The van der Waals surface area contributed by atoms with Gasteiger partial charge in [0.2, 0.25) is 0 Å². The largest absolute Gasteiger partial charge is 2.00 e. The minimum absolute atomic E-state index is 0. The first kappa shape index (κ1) is 17.8. The maximum atomic E-state index is 9.85. The van der Waals surface area contributed by atoms with Crippen molar-refractivity contribution in [1.82, 2.24) is 0 Å². The molecule has 1 atom stereocenters. The molecule has 0 aliphatic rings. The molecule has 0 aliphatic carbocycles. The third-order valence-corrected chi connectivity index (χ3v) is 0.712. The molecule has 0 fully saturated rings. The molecule has 7 heteroatoms. The summed E-state index contributed by atoms with van der Waals surface area (Å²) in [5, 5.41) is 16.0. The fourth-order valence-corrected chi connectivity index (χ4v) is 0.275. The van der Waals surface area contributed by atoms with E-state index in [1.807, 2.05) is 0 Å². The molecule has 5 nitrogen and oxygen atoms in total. The van der Waals surface area contributed by atoms with E-state index < -0.39 is 24.4 Å². The van der Waals surface area contributed by atoms with Crippen LogP contribution in [-0.4, -0.2) is 65.9 Å². The number of nitrogens with two attached hydrogens (primary N) is 1. The molecule has 0 radical (unpaired) electrons. The average molecular weight is 241 g/mol. The average Bonchev–Trinajstić information content (AvgIpc) is 1.63. The van der Waals surface area contributed by atoms with Crippen LogP contribution in [-0.2, 0) is 29.1 Å². The number of carbonyl (C=O) groups is 2. The van der Waals surface area contributed by atoms with Crippen LogP contribution in [0.15, 0.2) is 0 Å². The number of hydrogen-bond acceptors (Lipinski definition) is 3. The van der Waals surface area contributed by atoms with Crippen LogP contribution in [0.25, 0.3) is 0 Å². The number of carboxylic acid groups (broad SMARTS) is 2. The second-order valence-electron chi connectivity index (χ2n) is 1.54. The first-order valence-corrected chi connectivity index (χ1v) is 2.24. The molecule has 0 bridgehead atoms. The van der Waals surface area contributed by atoms with Crippen molar-refractivity contribution in [2.45, 2.75) is 12.5 Å². The number of aliphatic carboxylic acids is 2. The van der Waals surface area contributed by atoms with Crippen molar-refractivity contribution in [2.24, 2.45) is 5.73 Å². The molecule has 0 aromatic heterocycles. The summed E-state index contributed by atoms with van der Waals surface area (Å²) in [4.78, 5) is 19.6. The molecule has 0 saturated carbocycles. The van der Waals surface area contributed by atoms with Crippen molar-refractivity contribution < 1.29 is 42.1 Å². The zero-order chi connectivity index (χ0) is 7.44. The Hall–Kier alpha value is 0.783. The van der Waals surface area contributed by atoms with E-state index in [0.717, 1.165) is 0 Å². The van der Waals surface area contributed by atoms with Crippen molar-refractivity contribution in [3.8, 4) is 0 Å². The maximum Gasteiger partial charge on any atom is 2.00 e. The van der Waals surface area contributed by atoms with Crippen molar-refractivity contribution >= 4 is 49.7 Å². The molecule has 0 unspecified atom stereocenters. The molecule has 0 saturated heterocycles. The topological polar surface area (TPSA) is 101 Å². The predicted molar refractivity (Wildman–Crippen MR) is 35.8 cm³/mol. The van der Waals surface area contributed by atoms with Crippen molar-refractivity contribution in [2.75, 3.05) is 0 Å². The third-order valence-electron chi connectivity index (χ3n) is 0.712. The summed E-state index contributed by atoms with van der Waals surface area (Å²) in [5.41, 5.74) is 4.84. The molecule has 0 heterocycles. The third kappa shape index (κ3) is 10.8. The van der Waals surface area contributed by atoms with E-state index in [-0.39, 0.29) is 60.1 Å². The van der Waals surface area contributed by atoms with Gasteiger partial charge in [0.25, 0.3) is 0 Å². The Morgan fingerprint density at radius 2 is 1.82 bits per heavy atom.